The predicted octanol–water partition coefficient (Wildman–Crippen LogP) is 4.65. The maximum atomic E-state index is 12.7. The molecular formula is C22H25N5O2. The van der Waals surface area contributed by atoms with Gasteiger partial charge in [0.25, 0.3) is 0 Å². The highest BCUT2D eigenvalue weighted by molar-refractivity contribution is 5.91. The van der Waals surface area contributed by atoms with Crippen molar-refractivity contribution in [1.29, 1.82) is 0 Å². The smallest absolute Gasteiger partial charge is 0.319 e. The van der Waals surface area contributed by atoms with E-state index in [2.05, 4.69) is 20.7 Å². The Morgan fingerprint density at radius 1 is 1.10 bits per heavy atom. The zero-order chi connectivity index (χ0) is 20.4. The largest absolute Gasteiger partial charge is 0.455 e. The minimum Gasteiger partial charge on any atom is -0.455 e. The standard InChI is InChI=1S/C22H25N5O2/c1-14-8-6-9-15(2)20(14)29-19-12-5-4-10-17(19)24-22(28)25-18-11-7-13-27-21(18)23-16(3)26-27/h4-6,8-10,12,18H,7,11,13H2,1-3H3,(H2,24,25,28). The van der Waals surface area contributed by atoms with Crippen LogP contribution in [0, 0.1) is 20.8 Å². The number of aromatic nitrogens is 3. The Morgan fingerprint density at radius 3 is 2.66 bits per heavy atom. The minimum absolute atomic E-state index is 0.156. The number of fused-ring (bicyclic) bond motifs is 1. The number of aryl methyl sites for hydroxylation is 4. The third-order valence-corrected chi connectivity index (χ3v) is 5.04. The lowest BCUT2D eigenvalue weighted by Gasteiger charge is -2.23. The molecule has 0 aliphatic carbocycles. The summed E-state index contributed by atoms with van der Waals surface area (Å²) in [6.07, 6.45) is 1.79. The lowest BCUT2D eigenvalue weighted by atomic mass is 10.1. The molecular weight excluding hydrogens is 366 g/mol. The molecule has 1 atom stereocenters. The topological polar surface area (TPSA) is 81.1 Å². The number of ether oxygens (including phenoxy) is 1. The lowest BCUT2D eigenvalue weighted by Crippen LogP contribution is -2.36. The van der Waals surface area contributed by atoms with E-state index in [1.807, 2.05) is 67.9 Å². The number of amides is 2. The van der Waals surface area contributed by atoms with Gasteiger partial charge in [-0.1, -0.05) is 30.3 Å². The van der Waals surface area contributed by atoms with Crippen molar-refractivity contribution in [3.63, 3.8) is 0 Å². The number of urea groups is 1. The van der Waals surface area contributed by atoms with Gasteiger partial charge in [0.15, 0.2) is 5.75 Å². The molecule has 3 aromatic rings. The first kappa shape index (κ1) is 19.0. The molecule has 2 heterocycles. The monoisotopic (exact) mass is 391 g/mol. The van der Waals surface area contributed by atoms with Crippen molar-refractivity contribution < 1.29 is 9.53 Å². The van der Waals surface area contributed by atoms with Gasteiger partial charge in [-0.25, -0.2) is 14.5 Å². The highest BCUT2D eigenvalue weighted by Gasteiger charge is 2.25. The van der Waals surface area contributed by atoms with Crippen LogP contribution >= 0.6 is 0 Å². The van der Waals surface area contributed by atoms with Crippen LogP contribution in [0.25, 0.3) is 0 Å². The Hall–Kier alpha value is -3.35. The van der Waals surface area contributed by atoms with Crippen LogP contribution in [0.15, 0.2) is 42.5 Å². The molecule has 7 nitrogen and oxygen atoms in total. The van der Waals surface area contributed by atoms with Crippen molar-refractivity contribution >= 4 is 11.7 Å². The molecule has 2 aromatic carbocycles. The average Bonchev–Trinajstić information content (AvgIpc) is 3.07. The van der Waals surface area contributed by atoms with Crippen LogP contribution in [-0.2, 0) is 6.54 Å². The first-order valence-electron chi connectivity index (χ1n) is 9.83. The molecule has 1 aromatic heterocycles. The van der Waals surface area contributed by atoms with Gasteiger partial charge >= 0.3 is 6.03 Å². The van der Waals surface area contributed by atoms with E-state index < -0.39 is 0 Å². The van der Waals surface area contributed by atoms with Crippen molar-refractivity contribution in [2.45, 2.75) is 46.2 Å². The number of carbonyl (C=O) groups is 1. The summed E-state index contributed by atoms with van der Waals surface area (Å²) in [6, 6.07) is 13.0. The summed E-state index contributed by atoms with van der Waals surface area (Å²) >= 11 is 0. The first-order valence-corrected chi connectivity index (χ1v) is 9.83. The Balaban J connectivity index is 1.50. The number of nitrogens with one attached hydrogen (secondary N) is 2. The molecule has 1 aliphatic rings. The van der Waals surface area contributed by atoms with Gasteiger partial charge in [0.05, 0.1) is 11.7 Å². The number of carbonyl (C=O) groups excluding carboxylic acids is 1. The SMILES string of the molecule is Cc1nc2n(n1)CCCC2NC(=O)Nc1ccccc1Oc1c(C)cccc1C. The molecule has 7 heteroatoms. The molecule has 2 N–H and O–H groups in total. The van der Waals surface area contributed by atoms with Crippen LogP contribution in [-0.4, -0.2) is 20.8 Å². The molecule has 0 fully saturated rings. The number of rotatable bonds is 4. The molecule has 0 saturated carbocycles. The first-order chi connectivity index (χ1) is 14.0. The molecule has 0 bridgehead atoms. The summed E-state index contributed by atoms with van der Waals surface area (Å²) in [5, 5.41) is 10.3. The van der Waals surface area contributed by atoms with Crippen LogP contribution < -0.4 is 15.4 Å². The lowest BCUT2D eigenvalue weighted by molar-refractivity contribution is 0.244. The maximum Gasteiger partial charge on any atom is 0.319 e. The number of anilines is 1. The van der Waals surface area contributed by atoms with Crippen molar-refractivity contribution in [2.75, 3.05) is 5.32 Å². The minimum atomic E-state index is -0.290. The second kappa shape index (κ2) is 7.95. The number of para-hydroxylation sites is 3. The van der Waals surface area contributed by atoms with Gasteiger partial charge in [-0.05, 0) is 56.9 Å². The van der Waals surface area contributed by atoms with Gasteiger partial charge < -0.3 is 15.4 Å². The van der Waals surface area contributed by atoms with E-state index in [0.717, 1.165) is 47.9 Å². The van der Waals surface area contributed by atoms with E-state index in [0.29, 0.717) is 11.4 Å². The van der Waals surface area contributed by atoms with Gasteiger partial charge in [0.2, 0.25) is 0 Å². The Morgan fingerprint density at radius 2 is 1.86 bits per heavy atom. The van der Waals surface area contributed by atoms with Gasteiger partial charge in [-0.3, -0.25) is 0 Å². The number of benzene rings is 2. The van der Waals surface area contributed by atoms with Crippen molar-refractivity contribution in [3.05, 3.63) is 65.2 Å². The average molecular weight is 391 g/mol. The summed E-state index contributed by atoms with van der Waals surface area (Å²) < 4.78 is 8.03. The second-order valence-electron chi connectivity index (χ2n) is 7.35. The number of hydrogen-bond donors (Lipinski definition) is 2. The Labute approximate surface area is 170 Å². The Kier molecular flexibility index (Phi) is 5.20. The molecule has 150 valence electrons. The van der Waals surface area contributed by atoms with E-state index in [1.165, 1.54) is 0 Å². The summed E-state index contributed by atoms with van der Waals surface area (Å²) in [4.78, 5) is 17.2. The highest BCUT2D eigenvalue weighted by atomic mass is 16.5. The normalized spacial score (nSPS) is 15.5. The third kappa shape index (κ3) is 4.08. The maximum absolute atomic E-state index is 12.7. The molecule has 0 radical (unpaired) electrons. The zero-order valence-electron chi connectivity index (χ0n) is 16.9. The van der Waals surface area contributed by atoms with E-state index >= 15 is 0 Å². The second-order valence-corrected chi connectivity index (χ2v) is 7.35. The quantitative estimate of drug-likeness (QED) is 0.678. The molecule has 4 rings (SSSR count). The van der Waals surface area contributed by atoms with Gasteiger partial charge in [-0.15, -0.1) is 0 Å². The van der Waals surface area contributed by atoms with Crippen LogP contribution in [0.3, 0.4) is 0 Å². The van der Waals surface area contributed by atoms with E-state index in [9.17, 15) is 4.79 Å². The predicted molar refractivity (Wildman–Crippen MR) is 111 cm³/mol. The van der Waals surface area contributed by atoms with Crippen molar-refractivity contribution in [2.24, 2.45) is 0 Å². The van der Waals surface area contributed by atoms with Crippen molar-refractivity contribution in [3.8, 4) is 11.5 Å². The fourth-order valence-electron chi connectivity index (χ4n) is 3.65. The molecule has 29 heavy (non-hydrogen) atoms. The summed E-state index contributed by atoms with van der Waals surface area (Å²) in [5.41, 5.74) is 2.70. The highest BCUT2D eigenvalue weighted by Crippen LogP contribution is 2.33. The van der Waals surface area contributed by atoms with E-state index in [1.54, 1.807) is 0 Å². The van der Waals surface area contributed by atoms with E-state index in [4.69, 9.17) is 4.74 Å². The van der Waals surface area contributed by atoms with E-state index in [-0.39, 0.29) is 12.1 Å². The molecule has 1 aliphatic heterocycles. The Bertz CT molecular complexity index is 1020. The fraction of sp³-hybridized carbons (Fsp3) is 0.318. The molecule has 0 spiro atoms. The zero-order valence-corrected chi connectivity index (χ0v) is 16.9. The van der Waals surface area contributed by atoms with Crippen LogP contribution in [0.5, 0.6) is 11.5 Å². The number of nitrogens with zero attached hydrogens (tertiary/aromatic N) is 3. The van der Waals surface area contributed by atoms with Crippen LogP contribution in [0.1, 0.15) is 41.7 Å². The molecule has 1 unspecified atom stereocenters. The summed E-state index contributed by atoms with van der Waals surface area (Å²) in [5.74, 6) is 2.94. The molecule has 0 saturated heterocycles. The van der Waals surface area contributed by atoms with Crippen molar-refractivity contribution in [1.82, 2.24) is 20.1 Å². The van der Waals surface area contributed by atoms with Gasteiger partial charge in [0, 0.05) is 6.54 Å². The van der Waals surface area contributed by atoms with Gasteiger partial charge in [-0.2, -0.15) is 5.10 Å². The van der Waals surface area contributed by atoms with Crippen LogP contribution in [0.4, 0.5) is 10.5 Å². The van der Waals surface area contributed by atoms with Crippen LogP contribution in [0.2, 0.25) is 0 Å². The fourth-order valence-corrected chi connectivity index (χ4v) is 3.65. The summed E-state index contributed by atoms with van der Waals surface area (Å²) in [6.45, 7) is 6.71. The summed E-state index contributed by atoms with van der Waals surface area (Å²) in [7, 11) is 0. The number of hydrogen-bond acceptors (Lipinski definition) is 4. The third-order valence-electron chi connectivity index (χ3n) is 5.04. The van der Waals surface area contributed by atoms with Gasteiger partial charge in [0.1, 0.15) is 17.4 Å². The molecule has 2 amide bonds.